The molecule has 0 unspecified atom stereocenters. The smallest absolute Gasteiger partial charge is 0.227 e. The van der Waals surface area contributed by atoms with Crippen molar-refractivity contribution in [3.05, 3.63) is 53.9 Å². The first-order chi connectivity index (χ1) is 13.5. The maximum absolute atomic E-state index is 12.1. The lowest BCUT2D eigenvalue weighted by molar-refractivity contribution is -0.121. The minimum Gasteiger partial charge on any atom is -0.493 e. The summed E-state index contributed by atoms with van der Waals surface area (Å²) < 4.78 is 11.3. The first-order valence-electron chi connectivity index (χ1n) is 8.84. The van der Waals surface area contributed by atoms with Crippen molar-refractivity contribution in [1.82, 2.24) is 10.3 Å². The SMILES string of the molecule is COc1cc([C@@H](C)NC(=O)CCSCC(N)=O)ccc1OCc1ccncc1. The van der Waals surface area contributed by atoms with Gasteiger partial charge in [0, 0.05) is 24.6 Å². The number of nitrogens with one attached hydrogen (secondary N) is 1. The van der Waals surface area contributed by atoms with Crippen LogP contribution in [-0.4, -0.2) is 35.4 Å². The number of benzene rings is 1. The molecule has 0 radical (unpaired) electrons. The number of thioether (sulfide) groups is 1. The molecule has 2 amide bonds. The van der Waals surface area contributed by atoms with Crippen LogP contribution in [-0.2, 0) is 16.2 Å². The molecular weight excluding hydrogens is 378 g/mol. The molecular formula is C20H25N3O4S. The minimum absolute atomic E-state index is 0.0820. The molecule has 0 fully saturated rings. The first-order valence-corrected chi connectivity index (χ1v) is 10.00. The molecule has 1 heterocycles. The molecule has 0 bridgehead atoms. The molecule has 0 spiro atoms. The van der Waals surface area contributed by atoms with E-state index in [0.29, 0.717) is 30.3 Å². The largest absolute Gasteiger partial charge is 0.493 e. The zero-order valence-corrected chi connectivity index (χ0v) is 16.8. The Bertz CT molecular complexity index is 786. The molecule has 2 aromatic rings. The number of primary amides is 1. The first kappa shape index (κ1) is 21.6. The van der Waals surface area contributed by atoms with Crippen LogP contribution in [0.3, 0.4) is 0 Å². The highest BCUT2D eigenvalue weighted by Gasteiger charge is 2.13. The third kappa shape index (κ3) is 7.11. The third-order valence-electron chi connectivity index (χ3n) is 3.93. The van der Waals surface area contributed by atoms with Crippen molar-refractivity contribution in [2.24, 2.45) is 5.73 Å². The van der Waals surface area contributed by atoms with Crippen molar-refractivity contribution in [2.75, 3.05) is 18.6 Å². The highest BCUT2D eigenvalue weighted by atomic mass is 32.2. The molecule has 0 aliphatic heterocycles. The fourth-order valence-corrected chi connectivity index (χ4v) is 3.12. The number of aromatic nitrogens is 1. The second kappa shape index (κ2) is 11.2. The lowest BCUT2D eigenvalue weighted by atomic mass is 10.1. The van der Waals surface area contributed by atoms with Crippen molar-refractivity contribution >= 4 is 23.6 Å². The molecule has 3 N–H and O–H groups in total. The minimum atomic E-state index is -0.378. The van der Waals surface area contributed by atoms with Crippen LogP contribution < -0.4 is 20.5 Å². The van der Waals surface area contributed by atoms with Gasteiger partial charge in [0.25, 0.3) is 0 Å². The number of hydrogen-bond donors (Lipinski definition) is 2. The van der Waals surface area contributed by atoms with Gasteiger partial charge in [-0.25, -0.2) is 0 Å². The van der Waals surface area contributed by atoms with Gasteiger partial charge in [-0.15, -0.1) is 0 Å². The van der Waals surface area contributed by atoms with Crippen molar-refractivity contribution in [2.45, 2.75) is 26.0 Å². The molecule has 8 heteroatoms. The average Bonchev–Trinajstić information content (AvgIpc) is 2.70. The van der Waals surface area contributed by atoms with E-state index in [1.807, 2.05) is 37.3 Å². The summed E-state index contributed by atoms with van der Waals surface area (Å²) in [6.07, 6.45) is 3.76. The van der Waals surface area contributed by atoms with E-state index < -0.39 is 0 Å². The maximum Gasteiger partial charge on any atom is 0.227 e. The van der Waals surface area contributed by atoms with Gasteiger partial charge in [-0.3, -0.25) is 14.6 Å². The lowest BCUT2D eigenvalue weighted by Crippen LogP contribution is -2.27. The number of rotatable bonds is 11. The second-order valence-corrected chi connectivity index (χ2v) is 7.22. The molecule has 7 nitrogen and oxygen atoms in total. The number of methoxy groups -OCH3 is 1. The normalized spacial score (nSPS) is 11.5. The Morgan fingerprint density at radius 2 is 1.96 bits per heavy atom. The summed E-state index contributed by atoms with van der Waals surface area (Å²) in [5.41, 5.74) is 6.99. The van der Waals surface area contributed by atoms with E-state index in [1.54, 1.807) is 19.5 Å². The van der Waals surface area contributed by atoms with Gasteiger partial charge in [0.15, 0.2) is 11.5 Å². The summed E-state index contributed by atoms with van der Waals surface area (Å²) >= 11 is 1.35. The van der Waals surface area contributed by atoms with Gasteiger partial charge < -0.3 is 20.5 Å². The Hall–Kier alpha value is -2.74. The number of carbonyl (C=O) groups is 2. The average molecular weight is 404 g/mol. The van der Waals surface area contributed by atoms with Crippen LogP contribution in [0.1, 0.15) is 30.5 Å². The molecule has 1 aromatic heterocycles. The zero-order chi connectivity index (χ0) is 20.4. The predicted octanol–water partition coefficient (Wildman–Crippen LogP) is 2.46. The second-order valence-electron chi connectivity index (χ2n) is 6.11. The molecule has 0 aliphatic carbocycles. The van der Waals surface area contributed by atoms with Crippen LogP contribution in [0.25, 0.3) is 0 Å². The van der Waals surface area contributed by atoms with Crippen LogP contribution in [0.15, 0.2) is 42.7 Å². The van der Waals surface area contributed by atoms with Crippen LogP contribution in [0.4, 0.5) is 0 Å². The molecule has 2 rings (SSSR count). The molecule has 1 aromatic carbocycles. The van der Waals surface area contributed by atoms with E-state index >= 15 is 0 Å². The van der Waals surface area contributed by atoms with Crippen LogP contribution in [0, 0.1) is 0 Å². The van der Waals surface area contributed by atoms with E-state index in [9.17, 15) is 9.59 Å². The molecule has 0 saturated carbocycles. The predicted molar refractivity (Wildman–Crippen MR) is 109 cm³/mol. The molecule has 0 saturated heterocycles. The Labute approximate surface area is 169 Å². The van der Waals surface area contributed by atoms with Crippen molar-refractivity contribution in [3.8, 4) is 11.5 Å². The van der Waals surface area contributed by atoms with Gasteiger partial charge in [0.05, 0.1) is 18.9 Å². The van der Waals surface area contributed by atoms with Crippen LogP contribution in [0.2, 0.25) is 0 Å². The van der Waals surface area contributed by atoms with Gasteiger partial charge in [-0.1, -0.05) is 6.07 Å². The van der Waals surface area contributed by atoms with Gasteiger partial charge >= 0.3 is 0 Å². The monoisotopic (exact) mass is 403 g/mol. The standard InChI is InChI=1S/C20H25N3O4S/c1-14(23-20(25)7-10-28-13-19(21)24)16-3-4-17(18(11-16)26-2)27-12-15-5-8-22-9-6-15/h3-6,8-9,11,14H,7,10,12-13H2,1-2H3,(H2,21,24)(H,23,25)/t14-/m1/s1. The number of amides is 2. The Balaban J connectivity index is 1.90. The highest BCUT2D eigenvalue weighted by Crippen LogP contribution is 2.31. The fraction of sp³-hybridized carbons (Fsp3) is 0.350. The Kier molecular flexibility index (Phi) is 8.61. The number of hydrogen-bond acceptors (Lipinski definition) is 6. The fourth-order valence-electron chi connectivity index (χ4n) is 2.45. The Morgan fingerprint density at radius 1 is 1.21 bits per heavy atom. The number of pyridine rings is 1. The number of ether oxygens (including phenoxy) is 2. The van der Waals surface area contributed by atoms with Gasteiger partial charge in [0.2, 0.25) is 11.8 Å². The summed E-state index contributed by atoms with van der Waals surface area (Å²) in [5.74, 6) is 1.54. The quantitative estimate of drug-likeness (QED) is 0.559. The molecule has 150 valence electrons. The third-order valence-corrected chi connectivity index (χ3v) is 4.91. The van der Waals surface area contributed by atoms with Crippen LogP contribution >= 0.6 is 11.8 Å². The number of carbonyl (C=O) groups excluding carboxylic acids is 2. The summed E-state index contributed by atoms with van der Waals surface area (Å²) in [4.78, 5) is 26.7. The number of nitrogens with zero attached hydrogens (tertiary/aromatic N) is 1. The van der Waals surface area contributed by atoms with E-state index in [-0.39, 0.29) is 23.6 Å². The zero-order valence-electron chi connectivity index (χ0n) is 16.0. The van der Waals surface area contributed by atoms with Crippen LogP contribution in [0.5, 0.6) is 11.5 Å². The molecule has 0 aliphatic rings. The number of nitrogens with two attached hydrogens (primary N) is 1. The van der Waals surface area contributed by atoms with Gasteiger partial charge in [0.1, 0.15) is 6.61 Å². The van der Waals surface area contributed by atoms with Crippen molar-refractivity contribution < 1.29 is 19.1 Å². The summed E-state index contributed by atoms with van der Waals surface area (Å²) in [5, 5.41) is 2.94. The van der Waals surface area contributed by atoms with E-state index in [4.69, 9.17) is 15.2 Å². The lowest BCUT2D eigenvalue weighted by Gasteiger charge is -2.17. The maximum atomic E-state index is 12.1. The summed E-state index contributed by atoms with van der Waals surface area (Å²) in [6, 6.07) is 9.18. The van der Waals surface area contributed by atoms with Gasteiger partial charge in [-0.2, -0.15) is 11.8 Å². The van der Waals surface area contributed by atoms with E-state index in [0.717, 1.165) is 11.1 Å². The highest BCUT2D eigenvalue weighted by molar-refractivity contribution is 7.99. The van der Waals surface area contributed by atoms with E-state index in [2.05, 4.69) is 10.3 Å². The summed E-state index contributed by atoms with van der Waals surface area (Å²) in [6.45, 7) is 2.31. The topological polar surface area (TPSA) is 104 Å². The van der Waals surface area contributed by atoms with Gasteiger partial charge in [-0.05, 0) is 42.3 Å². The Morgan fingerprint density at radius 3 is 2.64 bits per heavy atom. The summed E-state index contributed by atoms with van der Waals surface area (Å²) in [7, 11) is 1.58. The van der Waals surface area contributed by atoms with E-state index in [1.165, 1.54) is 11.8 Å². The van der Waals surface area contributed by atoms with Crippen molar-refractivity contribution in [3.63, 3.8) is 0 Å². The van der Waals surface area contributed by atoms with Crippen molar-refractivity contribution in [1.29, 1.82) is 0 Å². The molecule has 1 atom stereocenters. The molecule has 28 heavy (non-hydrogen) atoms.